The molecule has 0 atom stereocenters. The monoisotopic (exact) mass is 267 g/mol. The van der Waals surface area contributed by atoms with Crippen LogP contribution in [-0.2, 0) is 0 Å². The summed E-state index contributed by atoms with van der Waals surface area (Å²) in [5.41, 5.74) is 1.90. The quantitative estimate of drug-likeness (QED) is 0.767. The van der Waals surface area contributed by atoms with E-state index in [0.717, 1.165) is 28.8 Å². The van der Waals surface area contributed by atoms with Crippen LogP contribution in [0.25, 0.3) is 0 Å². The minimum absolute atomic E-state index is 0.129. The maximum Gasteiger partial charge on any atom is 0.163 e. The summed E-state index contributed by atoms with van der Waals surface area (Å²) < 4.78 is 0.902. The lowest BCUT2D eigenvalue weighted by molar-refractivity contribution is 0.101. The molecule has 3 heteroatoms. The van der Waals surface area contributed by atoms with Crippen LogP contribution in [0, 0.1) is 0 Å². The van der Waals surface area contributed by atoms with Gasteiger partial charge in [-0.2, -0.15) is 0 Å². The minimum atomic E-state index is 0.129. The van der Waals surface area contributed by atoms with Gasteiger partial charge in [0, 0.05) is 23.2 Å². The van der Waals surface area contributed by atoms with Crippen molar-refractivity contribution in [2.45, 2.75) is 19.8 Å². The van der Waals surface area contributed by atoms with E-state index >= 15 is 0 Å². The van der Waals surface area contributed by atoms with Crippen molar-refractivity contribution in [1.82, 2.24) is 0 Å². The van der Waals surface area contributed by atoms with Gasteiger partial charge in [0.1, 0.15) is 0 Å². The number of anilines is 1. The van der Waals surface area contributed by atoms with Crippen LogP contribution in [0.5, 0.6) is 0 Å². The summed E-state index contributed by atoms with van der Waals surface area (Å²) in [7, 11) is 0. The first-order valence-corrected chi connectivity index (χ1v) is 6.04. The van der Waals surface area contributed by atoms with E-state index in [1.54, 1.807) is 6.92 Å². The molecule has 1 fully saturated rings. The summed E-state index contributed by atoms with van der Waals surface area (Å²) in [5.74, 6) is 0.129. The van der Waals surface area contributed by atoms with E-state index in [-0.39, 0.29) is 5.78 Å². The predicted octanol–water partition coefficient (Wildman–Crippen LogP) is 3.25. The molecule has 2 nitrogen and oxygen atoms in total. The Kier molecular flexibility index (Phi) is 3.10. The van der Waals surface area contributed by atoms with E-state index in [1.165, 1.54) is 12.8 Å². The number of benzene rings is 1. The van der Waals surface area contributed by atoms with Gasteiger partial charge in [-0.3, -0.25) is 4.79 Å². The highest BCUT2D eigenvalue weighted by molar-refractivity contribution is 9.10. The molecule has 1 aromatic rings. The van der Waals surface area contributed by atoms with Gasteiger partial charge < -0.3 is 4.90 Å². The molecule has 1 heterocycles. The normalized spacial score (nSPS) is 15.7. The van der Waals surface area contributed by atoms with Crippen LogP contribution in [0.4, 0.5) is 5.69 Å². The number of halogens is 1. The maximum absolute atomic E-state index is 11.6. The van der Waals surface area contributed by atoms with Crippen LogP contribution in [0.1, 0.15) is 30.1 Å². The Labute approximate surface area is 98.4 Å². The zero-order valence-electron chi connectivity index (χ0n) is 8.79. The van der Waals surface area contributed by atoms with Crippen LogP contribution in [0.2, 0.25) is 0 Å². The van der Waals surface area contributed by atoms with Gasteiger partial charge in [-0.15, -0.1) is 0 Å². The third-order valence-electron chi connectivity index (χ3n) is 2.79. The van der Waals surface area contributed by atoms with Gasteiger partial charge in [-0.25, -0.2) is 0 Å². The average molecular weight is 268 g/mol. The first-order chi connectivity index (χ1) is 7.20. The van der Waals surface area contributed by atoms with Crippen LogP contribution in [0.3, 0.4) is 0 Å². The largest absolute Gasteiger partial charge is 0.371 e. The highest BCUT2D eigenvalue weighted by Gasteiger charge is 2.19. The zero-order chi connectivity index (χ0) is 10.8. The molecule has 0 spiro atoms. The van der Waals surface area contributed by atoms with Crippen LogP contribution in [0.15, 0.2) is 22.7 Å². The lowest BCUT2D eigenvalue weighted by atomic mass is 10.1. The molecule has 0 N–H and O–H groups in total. The summed E-state index contributed by atoms with van der Waals surface area (Å²) >= 11 is 3.45. The van der Waals surface area contributed by atoms with Crippen molar-refractivity contribution in [2.24, 2.45) is 0 Å². The van der Waals surface area contributed by atoms with Crippen molar-refractivity contribution in [3.05, 3.63) is 28.2 Å². The Balaban J connectivity index is 2.45. The lowest BCUT2D eigenvalue weighted by Crippen LogP contribution is -2.20. The van der Waals surface area contributed by atoms with Crippen molar-refractivity contribution in [1.29, 1.82) is 0 Å². The highest BCUT2D eigenvalue weighted by atomic mass is 79.9. The molecule has 0 saturated carbocycles. The maximum atomic E-state index is 11.6. The van der Waals surface area contributed by atoms with E-state index in [0.29, 0.717) is 0 Å². The van der Waals surface area contributed by atoms with Crippen molar-refractivity contribution in [3.8, 4) is 0 Å². The average Bonchev–Trinajstić information content (AvgIpc) is 2.69. The molecule has 0 radical (unpaired) electrons. The van der Waals surface area contributed by atoms with Crippen LogP contribution < -0.4 is 4.90 Å². The molecular weight excluding hydrogens is 254 g/mol. The first kappa shape index (κ1) is 10.7. The summed E-state index contributed by atoms with van der Waals surface area (Å²) in [4.78, 5) is 13.9. The molecule has 0 amide bonds. The van der Waals surface area contributed by atoms with Crippen LogP contribution >= 0.6 is 15.9 Å². The molecule has 0 bridgehead atoms. The van der Waals surface area contributed by atoms with E-state index in [9.17, 15) is 4.79 Å². The lowest BCUT2D eigenvalue weighted by Gasteiger charge is -2.21. The number of hydrogen-bond acceptors (Lipinski definition) is 2. The molecule has 0 aromatic heterocycles. The highest BCUT2D eigenvalue weighted by Crippen LogP contribution is 2.30. The molecule has 1 aliphatic heterocycles. The number of carbonyl (C=O) groups excluding carboxylic acids is 1. The third kappa shape index (κ3) is 2.07. The zero-order valence-corrected chi connectivity index (χ0v) is 10.4. The predicted molar refractivity (Wildman–Crippen MR) is 65.6 cm³/mol. The summed E-state index contributed by atoms with van der Waals surface area (Å²) in [6.45, 7) is 3.76. The van der Waals surface area contributed by atoms with Gasteiger partial charge in [-0.1, -0.05) is 6.07 Å². The van der Waals surface area contributed by atoms with Gasteiger partial charge in [-0.05, 0) is 47.8 Å². The summed E-state index contributed by atoms with van der Waals surface area (Å²) in [5, 5.41) is 0. The molecule has 80 valence electrons. The topological polar surface area (TPSA) is 20.3 Å². The molecular formula is C12H14BrNO. The van der Waals surface area contributed by atoms with Crippen molar-refractivity contribution in [2.75, 3.05) is 18.0 Å². The Morgan fingerprint density at radius 1 is 1.33 bits per heavy atom. The molecule has 2 rings (SSSR count). The molecule has 1 saturated heterocycles. The Bertz CT molecular complexity index is 383. The first-order valence-electron chi connectivity index (χ1n) is 5.24. The molecule has 1 aromatic carbocycles. The van der Waals surface area contributed by atoms with E-state index in [1.807, 2.05) is 18.2 Å². The number of Topliss-reactive ketones (excluding diaryl/α,β-unsaturated/α-hetero) is 1. The SMILES string of the molecule is CC(=O)c1c(Br)cccc1N1CCCC1. The number of carbonyl (C=O) groups is 1. The fourth-order valence-electron chi connectivity index (χ4n) is 2.08. The van der Waals surface area contributed by atoms with E-state index in [2.05, 4.69) is 20.8 Å². The second-order valence-electron chi connectivity index (χ2n) is 3.88. The molecule has 0 unspecified atom stereocenters. The van der Waals surface area contributed by atoms with E-state index in [4.69, 9.17) is 0 Å². The smallest absolute Gasteiger partial charge is 0.163 e. The summed E-state index contributed by atoms with van der Waals surface area (Å²) in [6.07, 6.45) is 2.45. The fraction of sp³-hybridized carbons (Fsp3) is 0.417. The van der Waals surface area contributed by atoms with Gasteiger partial charge >= 0.3 is 0 Å². The Morgan fingerprint density at radius 3 is 2.60 bits per heavy atom. The summed E-state index contributed by atoms with van der Waals surface area (Å²) in [6, 6.07) is 5.95. The molecule has 1 aliphatic rings. The van der Waals surface area contributed by atoms with Gasteiger partial charge in [0.25, 0.3) is 0 Å². The fourth-order valence-corrected chi connectivity index (χ4v) is 2.72. The van der Waals surface area contributed by atoms with Gasteiger partial charge in [0.15, 0.2) is 5.78 Å². The standard InChI is InChI=1S/C12H14BrNO/c1-9(15)12-10(13)5-4-6-11(12)14-7-2-3-8-14/h4-6H,2-3,7-8H2,1H3. The minimum Gasteiger partial charge on any atom is -0.371 e. The van der Waals surface area contributed by atoms with Crippen molar-refractivity contribution in [3.63, 3.8) is 0 Å². The number of nitrogens with zero attached hydrogens (tertiary/aromatic N) is 1. The van der Waals surface area contributed by atoms with Gasteiger partial charge in [0.2, 0.25) is 0 Å². The third-order valence-corrected chi connectivity index (χ3v) is 3.45. The number of rotatable bonds is 2. The molecule has 15 heavy (non-hydrogen) atoms. The number of ketones is 1. The van der Waals surface area contributed by atoms with Crippen molar-refractivity contribution >= 4 is 27.4 Å². The molecule has 0 aliphatic carbocycles. The van der Waals surface area contributed by atoms with Gasteiger partial charge in [0.05, 0.1) is 5.56 Å². The Hall–Kier alpha value is -0.830. The van der Waals surface area contributed by atoms with Crippen LogP contribution in [-0.4, -0.2) is 18.9 Å². The number of hydrogen-bond donors (Lipinski definition) is 0. The van der Waals surface area contributed by atoms with Crippen molar-refractivity contribution < 1.29 is 4.79 Å². The second kappa shape index (κ2) is 4.35. The Morgan fingerprint density at radius 2 is 2.00 bits per heavy atom. The second-order valence-corrected chi connectivity index (χ2v) is 4.74. The van der Waals surface area contributed by atoms with E-state index < -0.39 is 0 Å².